The Labute approximate surface area is 147 Å². The summed E-state index contributed by atoms with van der Waals surface area (Å²) in [6.07, 6.45) is 1.23. The molecular formula is C18H25N3O4. The average molecular weight is 347 g/mol. The fourth-order valence-corrected chi connectivity index (χ4v) is 2.35. The number of hydrogen-bond acceptors (Lipinski definition) is 6. The van der Waals surface area contributed by atoms with E-state index in [2.05, 4.69) is 15.1 Å². The second-order valence-corrected chi connectivity index (χ2v) is 7.19. The maximum absolute atomic E-state index is 12.0. The maximum Gasteiger partial charge on any atom is 0.306 e. The normalized spacial score (nSPS) is 11.6. The van der Waals surface area contributed by atoms with Crippen LogP contribution in [0.4, 0.5) is 0 Å². The van der Waals surface area contributed by atoms with Crippen molar-refractivity contribution in [2.24, 2.45) is 0 Å². The topological polar surface area (TPSA) is 98.1 Å². The molecule has 0 aliphatic carbocycles. The molecule has 0 fully saturated rings. The van der Waals surface area contributed by atoms with Crippen molar-refractivity contribution in [3.8, 4) is 0 Å². The van der Waals surface area contributed by atoms with E-state index < -0.39 is 5.97 Å². The number of Topliss-reactive ketones (excluding diaryl/α,β-unsaturated/α-hetero) is 1. The molecule has 0 aliphatic heterocycles. The van der Waals surface area contributed by atoms with Crippen molar-refractivity contribution < 1.29 is 18.8 Å². The lowest BCUT2D eigenvalue weighted by Gasteiger charge is -2.10. The fourth-order valence-electron chi connectivity index (χ4n) is 2.35. The number of aryl methyl sites for hydroxylation is 3. The minimum Gasteiger partial charge on any atom is -0.457 e. The molecule has 0 atom stereocenters. The van der Waals surface area contributed by atoms with Crippen LogP contribution in [0.25, 0.3) is 0 Å². The largest absolute Gasteiger partial charge is 0.457 e. The van der Waals surface area contributed by atoms with E-state index in [0.717, 1.165) is 11.4 Å². The number of H-pyrrole nitrogens is 1. The van der Waals surface area contributed by atoms with Crippen LogP contribution in [0.3, 0.4) is 0 Å². The minimum absolute atomic E-state index is 0.171. The summed E-state index contributed by atoms with van der Waals surface area (Å²) in [5.41, 5.74) is 2.08. The quantitative estimate of drug-likeness (QED) is 0.610. The predicted molar refractivity (Wildman–Crippen MR) is 91.5 cm³/mol. The molecule has 0 spiro atoms. The molecule has 25 heavy (non-hydrogen) atoms. The summed E-state index contributed by atoms with van der Waals surface area (Å²) in [6, 6.07) is 1.76. The van der Waals surface area contributed by atoms with E-state index in [1.807, 2.05) is 34.6 Å². The summed E-state index contributed by atoms with van der Waals surface area (Å²) in [6.45, 7) is 9.46. The van der Waals surface area contributed by atoms with Gasteiger partial charge in [0.15, 0.2) is 12.4 Å². The number of carbonyl (C=O) groups excluding carboxylic acids is 2. The van der Waals surface area contributed by atoms with Gasteiger partial charge in [-0.1, -0.05) is 25.9 Å². The van der Waals surface area contributed by atoms with Crippen molar-refractivity contribution in [1.29, 1.82) is 0 Å². The number of carbonyl (C=O) groups is 2. The first-order chi connectivity index (χ1) is 11.7. The van der Waals surface area contributed by atoms with Gasteiger partial charge in [0.1, 0.15) is 0 Å². The molecule has 0 amide bonds. The van der Waals surface area contributed by atoms with Gasteiger partial charge >= 0.3 is 5.97 Å². The van der Waals surface area contributed by atoms with E-state index in [9.17, 15) is 9.59 Å². The van der Waals surface area contributed by atoms with Crippen LogP contribution in [0.1, 0.15) is 67.1 Å². The molecule has 0 unspecified atom stereocenters. The lowest BCUT2D eigenvalue weighted by molar-refractivity contribution is -0.142. The molecule has 136 valence electrons. The van der Waals surface area contributed by atoms with E-state index in [-0.39, 0.29) is 24.2 Å². The van der Waals surface area contributed by atoms with Gasteiger partial charge < -0.3 is 14.2 Å². The Balaban J connectivity index is 1.73. The van der Waals surface area contributed by atoms with Gasteiger partial charge in [0.2, 0.25) is 11.7 Å². The van der Waals surface area contributed by atoms with Gasteiger partial charge in [0.05, 0.1) is 0 Å². The molecule has 0 aromatic carbocycles. The Morgan fingerprint density at radius 3 is 2.56 bits per heavy atom. The Bertz CT molecular complexity index is 753. The van der Waals surface area contributed by atoms with E-state index in [4.69, 9.17) is 9.26 Å². The summed E-state index contributed by atoms with van der Waals surface area (Å²) in [5.74, 6) is 0.538. The van der Waals surface area contributed by atoms with Crippen molar-refractivity contribution >= 4 is 11.8 Å². The van der Waals surface area contributed by atoms with Crippen LogP contribution in [-0.4, -0.2) is 33.5 Å². The highest BCUT2D eigenvalue weighted by Gasteiger charge is 2.21. The smallest absolute Gasteiger partial charge is 0.306 e. The van der Waals surface area contributed by atoms with Crippen LogP contribution >= 0.6 is 0 Å². The molecule has 2 aromatic heterocycles. The summed E-state index contributed by atoms with van der Waals surface area (Å²) in [5, 5.41) is 3.94. The third-order valence-electron chi connectivity index (χ3n) is 3.72. The summed E-state index contributed by atoms with van der Waals surface area (Å²) in [7, 11) is 0. The molecule has 2 aromatic rings. The number of ether oxygens (including phenoxy) is 1. The molecule has 7 heteroatoms. The minimum atomic E-state index is -0.408. The zero-order valence-corrected chi connectivity index (χ0v) is 15.4. The number of rotatable bonds is 7. The Hall–Kier alpha value is -2.44. The van der Waals surface area contributed by atoms with Crippen molar-refractivity contribution in [2.45, 2.75) is 59.3 Å². The average Bonchev–Trinajstić information content (AvgIpc) is 3.11. The van der Waals surface area contributed by atoms with Gasteiger partial charge in [0.25, 0.3) is 0 Å². The van der Waals surface area contributed by atoms with E-state index in [0.29, 0.717) is 30.1 Å². The van der Waals surface area contributed by atoms with Crippen LogP contribution in [0, 0.1) is 13.8 Å². The van der Waals surface area contributed by atoms with Crippen LogP contribution in [-0.2, 0) is 21.4 Å². The number of nitrogens with zero attached hydrogens (tertiary/aromatic N) is 2. The van der Waals surface area contributed by atoms with Crippen molar-refractivity contribution in [1.82, 2.24) is 15.1 Å². The second-order valence-electron chi connectivity index (χ2n) is 7.19. The van der Waals surface area contributed by atoms with Gasteiger partial charge in [-0.2, -0.15) is 4.98 Å². The molecule has 0 saturated carbocycles. The molecule has 0 aliphatic rings. The van der Waals surface area contributed by atoms with Gasteiger partial charge in [-0.25, -0.2) is 0 Å². The van der Waals surface area contributed by atoms with E-state index >= 15 is 0 Å². The standard InChI is InChI=1S/C18H25N3O4/c1-11-9-13(12(2)19-11)14(22)10-24-16(23)8-6-7-15-20-17(21-25-15)18(3,4)5/h9,19H,6-8,10H2,1-5H3. The molecule has 0 saturated heterocycles. The zero-order valence-electron chi connectivity index (χ0n) is 15.4. The predicted octanol–water partition coefficient (Wildman–Crippen LogP) is 3.06. The van der Waals surface area contributed by atoms with Gasteiger partial charge in [-0.05, 0) is 26.3 Å². The lowest BCUT2D eigenvalue weighted by Crippen LogP contribution is -2.14. The first kappa shape index (κ1) is 18.9. The van der Waals surface area contributed by atoms with Crippen LogP contribution in [0.2, 0.25) is 0 Å². The first-order valence-electron chi connectivity index (χ1n) is 8.35. The maximum atomic E-state index is 12.0. The molecule has 7 nitrogen and oxygen atoms in total. The number of aromatic amines is 1. The number of ketones is 1. The molecule has 0 radical (unpaired) electrons. The number of aromatic nitrogens is 3. The summed E-state index contributed by atoms with van der Waals surface area (Å²) in [4.78, 5) is 31.2. The molecule has 0 bridgehead atoms. The van der Waals surface area contributed by atoms with E-state index in [1.54, 1.807) is 6.07 Å². The van der Waals surface area contributed by atoms with Gasteiger partial charge in [-0.15, -0.1) is 0 Å². The fraction of sp³-hybridized carbons (Fsp3) is 0.556. The highest BCUT2D eigenvalue weighted by atomic mass is 16.5. The Morgan fingerprint density at radius 1 is 1.28 bits per heavy atom. The van der Waals surface area contributed by atoms with Crippen molar-refractivity contribution in [3.63, 3.8) is 0 Å². The van der Waals surface area contributed by atoms with Crippen molar-refractivity contribution in [3.05, 3.63) is 34.7 Å². The molecule has 1 N–H and O–H groups in total. The second kappa shape index (κ2) is 7.63. The highest BCUT2D eigenvalue weighted by Crippen LogP contribution is 2.19. The molecule has 2 heterocycles. The van der Waals surface area contributed by atoms with E-state index in [1.165, 1.54) is 0 Å². The van der Waals surface area contributed by atoms with Crippen molar-refractivity contribution in [2.75, 3.05) is 6.61 Å². The Kier molecular flexibility index (Phi) is 5.77. The zero-order chi connectivity index (χ0) is 18.6. The number of esters is 1. The molecule has 2 rings (SSSR count). The van der Waals surface area contributed by atoms with Crippen LogP contribution in [0.5, 0.6) is 0 Å². The summed E-state index contributed by atoms with van der Waals surface area (Å²) < 4.78 is 10.2. The monoisotopic (exact) mass is 347 g/mol. The number of nitrogens with one attached hydrogen (secondary N) is 1. The van der Waals surface area contributed by atoms with Gasteiger partial charge in [-0.3, -0.25) is 9.59 Å². The lowest BCUT2D eigenvalue weighted by atomic mass is 9.96. The third-order valence-corrected chi connectivity index (χ3v) is 3.72. The Morgan fingerprint density at radius 2 is 2.00 bits per heavy atom. The van der Waals surface area contributed by atoms with Crippen LogP contribution in [0.15, 0.2) is 10.6 Å². The summed E-state index contributed by atoms with van der Waals surface area (Å²) >= 11 is 0. The highest BCUT2D eigenvalue weighted by molar-refractivity contribution is 5.99. The molecular weight excluding hydrogens is 322 g/mol. The first-order valence-corrected chi connectivity index (χ1v) is 8.35. The van der Waals surface area contributed by atoms with Gasteiger partial charge in [0, 0.05) is 35.2 Å². The number of hydrogen-bond donors (Lipinski definition) is 1. The SMILES string of the molecule is Cc1cc(C(=O)COC(=O)CCCc2nc(C(C)(C)C)no2)c(C)[nH]1. The third kappa shape index (κ3) is 5.27. The van der Waals surface area contributed by atoms with Crippen LogP contribution < -0.4 is 0 Å².